The normalized spacial score (nSPS) is 10.6. The van der Waals surface area contributed by atoms with Crippen LogP contribution in [-0.2, 0) is 0 Å². The number of nitrogens with zero attached hydrogens (tertiary/aromatic N) is 4. The van der Waals surface area contributed by atoms with Crippen molar-refractivity contribution in [2.75, 3.05) is 0 Å². The lowest BCUT2D eigenvalue weighted by Gasteiger charge is -1.96. The molecule has 2 heterocycles. The van der Waals surface area contributed by atoms with E-state index in [1.54, 1.807) is 18.5 Å². The molecular formula is C13H9ClN4O. The summed E-state index contributed by atoms with van der Waals surface area (Å²) in [6, 6.07) is 7.30. The Bertz CT molecular complexity index is 709. The van der Waals surface area contributed by atoms with Gasteiger partial charge in [-0.2, -0.15) is 4.98 Å². The number of aryl methyl sites for hydroxylation is 1. The van der Waals surface area contributed by atoms with E-state index in [-0.39, 0.29) is 0 Å². The van der Waals surface area contributed by atoms with Crippen LogP contribution >= 0.6 is 11.6 Å². The van der Waals surface area contributed by atoms with Crippen LogP contribution < -0.4 is 0 Å². The Morgan fingerprint density at radius 2 is 1.84 bits per heavy atom. The Morgan fingerprint density at radius 1 is 1.11 bits per heavy atom. The van der Waals surface area contributed by atoms with Gasteiger partial charge in [0.2, 0.25) is 5.82 Å². The molecule has 0 aliphatic carbocycles. The molecule has 0 atom stereocenters. The minimum atomic E-state index is 0.376. The number of rotatable bonds is 2. The first kappa shape index (κ1) is 11.8. The van der Waals surface area contributed by atoms with Gasteiger partial charge in [-0.1, -0.05) is 28.9 Å². The van der Waals surface area contributed by atoms with Gasteiger partial charge in [0.1, 0.15) is 5.82 Å². The van der Waals surface area contributed by atoms with Crippen molar-refractivity contribution in [3.05, 3.63) is 47.5 Å². The van der Waals surface area contributed by atoms with Gasteiger partial charge >= 0.3 is 0 Å². The van der Waals surface area contributed by atoms with Crippen LogP contribution in [0.3, 0.4) is 0 Å². The van der Waals surface area contributed by atoms with Gasteiger partial charge in [-0.3, -0.25) is 0 Å². The Kier molecular flexibility index (Phi) is 2.97. The minimum Gasteiger partial charge on any atom is -0.334 e. The average molecular weight is 273 g/mol. The fourth-order valence-corrected chi connectivity index (χ4v) is 1.81. The molecule has 0 bridgehead atoms. The van der Waals surface area contributed by atoms with Crippen molar-refractivity contribution >= 4 is 11.6 Å². The summed E-state index contributed by atoms with van der Waals surface area (Å²) in [6.45, 7) is 1.81. The van der Waals surface area contributed by atoms with E-state index in [2.05, 4.69) is 20.1 Å². The first-order valence-electron chi connectivity index (χ1n) is 5.61. The number of benzene rings is 1. The van der Waals surface area contributed by atoms with Gasteiger partial charge in [0.05, 0.1) is 16.1 Å². The van der Waals surface area contributed by atoms with Gasteiger partial charge in [0.25, 0.3) is 5.89 Å². The second-order valence-electron chi connectivity index (χ2n) is 3.92. The van der Waals surface area contributed by atoms with E-state index in [1.165, 1.54) is 0 Å². The summed E-state index contributed by atoms with van der Waals surface area (Å²) in [6.07, 6.45) is 3.31. The summed E-state index contributed by atoms with van der Waals surface area (Å²) in [5.41, 5.74) is 1.41. The molecule has 0 aliphatic heterocycles. The summed E-state index contributed by atoms with van der Waals surface area (Å²) in [4.78, 5) is 12.5. The van der Waals surface area contributed by atoms with E-state index >= 15 is 0 Å². The average Bonchev–Trinajstić information content (AvgIpc) is 2.89. The van der Waals surface area contributed by atoms with Gasteiger partial charge in [0.15, 0.2) is 0 Å². The summed E-state index contributed by atoms with van der Waals surface area (Å²) in [5, 5.41) is 4.48. The highest BCUT2D eigenvalue weighted by Gasteiger charge is 2.13. The van der Waals surface area contributed by atoms with Gasteiger partial charge in [0, 0.05) is 12.4 Å². The van der Waals surface area contributed by atoms with Crippen molar-refractivity contribution in [1.29, 1.82) is 0 Å². The van der Waals surface area contributed by atoms with Crippen molar-refractivity contribution in [3.63, 3.8) is 0 Å². The third-order valence-corrected chi connectivity index (χ3v) is 2.90. The molecule has 0 amide bonds. The van der Waals surface area contributed by atoms with E-state index in [0.717, 1.165) is 0 Å². The third-order valence-electron chi connectivity index (χ3n) is 2.57. The maximum atomic E-state index is 6.08. The molecule has 5 nitrogen and oxygen atoms in total. The molecule has 6 heteroatoms. The number of hydrogen-bond acceptors (Lipinski definition) is 5. The fraction of sp³-hybridized carbons (Fsp3) is 0.0769. The topological polar surface area (TPSA) is 64.7 Å². The van der Waals surface area contributed by atoms with E-state index in [9.17, 15) is 0 Å². The molecule has 2 aromatic heterocycles. The second kappa shape index (κ2) is 4.78. The molecular weight excluding hydrogens is 264 g/mol. The minimum absolute atomic E-state index is 0.376. The molecule has 0 saturated carbocycles. The Morgan fingerprint density at radius 3 is 2.58 bits per heavy atom. The summed E-state index contributed by atoms with van der Waals surface area (Å²) < 4.78 is 5.22. The highest BCUT2D eigenvalue weighted by molar-refractivity contribution is 6.33. The molecule has 0 N–H and O–H groups in total. The lowest BCUT2D eigenvalue weighted by molar-refractivity contribution is 0.432. The lowest BCUT2D eigenvalue weighted by Crippen LogP contribution is -1.89. The van der Waals surface area contributed by atoms with Crippen LogP contribution in [0.5, 0.6) is 0 Å². The third kappa shape index (κ3) is 2.32. The second-order valence-corrected chi connectivity index (χ2v) is 4.33. The number of halogens is 1. The molecule has 0 aliphatic rings. The molecule has 3 rings (SSSR count). The first-order valence-corrected chi connectivity index (χ1v) is 5.99. The lowest BCUT2D eigenvalue weighted by atomic mass is 10.2. The molecule has 0 saturated heterocycles. The van der Waals surface area contributed by atoms with E-state index in [1.807, 2.05) is 25.1 Å². The van der Waals surface area contributed by atoms with Crippen LogP contribution in [0.2, 0.25) is 5.02 Å². The quantitative estimate of drug-likeness (QED) is 0.717. The molecule has 0 unspecified atom stereocenters. The maximum Gasteiger partial charge on any atom is 0.259 e. The molecule has 0 radical (unpaired) electrons. The SMILES string of the molecule is Cc1ncc(-c2noc(-c3ccccc3Cl)n2)cn1. The Hall–Kier alpha value is -2.27. The van der Waals surface area contributed by atoms with Crippen molar-refractivity contribution < 1.29 is 4.52 Å². The van der Waals surface area contributed by atoms with E-state index < -0.39 is 0 Å². The van der Waals surface area contributed by atoms with Crippen LogP contribution in [-0.4, -0.2) is 20.1 Å². The predicted octanol–water partition coefficient (Wildman–Crippen LogP) is 3.16. The van der Waals surface area contributed by atoms with Crippen molar-refractivity contribution in [1.82, 2.24) is 20.1 Å². The fourth-order valence-electron chi connectivity index (χ4n) is 1.59. The first-order chi connectivity index (χ1) is 9.24. The zero-order valence-electron chi connectivity index (χ0n) is 10.0. The molecule has 1 aromatic carbocycles. The predicted molar refractivity (Wildman–Crippen MR) is 70.5 cm³/mol. The van der Waals surface area contributed by atoms with Crippen molar-refractivity contribution in [2.45, 2.75) is 6.92 Å². The van der Waals surface area contributed by atoms with Crippen LogP contribution in [0.1, 0.15) is 5.82 Å². The zero-order valence-corrected chi connectivity index (χ0v) is 10.8. The summed E-state index contributed by atoms with van der Waals surface area (Å²) in [5.74, 6) is 1.51. The number of hydrogen-bond donors (Lipinski definition) is 0. The van der Waals surface area contributed by atoms with Crippen molar-refractivity contribution in [2.24, 2.45) is 0 Å². The number of aromatic nitrogens is 4. The molecule has 3 aromatic rings. The van der Waals surface area contributed by atoms with Crippen molar-refractivity contribution in [3.8, 4) is 22.8 Å². The largest absolute Gasteiger partial charge is 0.334 e. The maximum absolute atomic E-state index is 6.08. The molecule has 19 heavy (non-hydrogen) atoms. The van der Waals surface area contributed by atoms with Crippen LogP contribution in [0, 0.1) is 6.92 Å². The van der Waals surface area contributed by atoms with E-state index in [4.69, 9.17) is 16.1 Å². The molecule has 0 fully saturated rings. The Labute approximate surface area is 114 Å². The smallest absolute Gasteiger partial charge is 0.259 e. The molecule has 0 spiro atoms. The van der Waals surface area contributed by atoms with Gasteiger partial charge in [-0.25, -0.2) is 9.97 Å². The molecule has 94 valence electrons. The van der Waals surface area contributed by atoms with Gasteiger partial charge < -0.3 is 4.52 Å². The monoisotopic (exact) mass is 272 g/mol. The highest BCUT2D eigenvalue weighted by Crippen LogP contribution is 2.27. The van der Waals surface area contributed by atoms with Crippen LogP contribution in [0.25, 0.3) is 22.8 Å². The van der Waals surface area contributed by atoms with Crippen LogP contribution in [0.4, 0.5) is 0 Å². The highest BCUT2D eigenvalue weighted by atomic mass is 35.5. The van der Waals surface area contributed by atoms with Crippen LogP contribution in [0.15, 0.2) is 41.2 Å². The standard InChI is InChI=1S/C13H9ClN4O/c1-8-15-6-9(7-16-8)12-17-13(19-18-12)10-4-2-3-5-11(10)14/h2-7H,1H3. The Balaban J connectivity index is 2.00. The summed E-state index contributed by atoms with van der Waals surface area (Å²) in [7, 11) is 0. The van der Waals surface area contributed by atoms with Gasteiger partial charge in [-0.15, -0.1) is 0 Å². The van der Waals surface area contributed by atoms with E-state index in [0.29, 0.717) is 33.7 Å². The van der Waals surface area contributed by atoms with Gasteiger partial charge in [-0.05, 0) is 19.1 Å². The summed E-state index contributed by atoms with van der Waals surface area (Å²) >= 11 is 6.08. The zero-order chi connectivity index (χ0) is 13.2.